The van der Waals surface area contributed by atoms with Gasteiger partial charge in [-0.2, -0.15) is 0 Å². The molecular weight excluding hydrogens is 312 g/mol. The number of hydrogen-bond donors (Lipinski definition) is 2. The summed E-state index contributed by atoms with van der Waals surface area (Å²) in [6.07, 6.45) is 0.665. The van der Waals surface area contributed by atoms with Crippen molar-refractivity contribution in [2.24, 2.45) is 0 Å². The van der Waals surface area contributed by atoms with E-state index in [-0.39, 0.29) is 40.4 Å². The highest BCUT2D eigenvalue weighted by atomic mass is 16.5. The van der Waals surface area contributed by atoms with Crippen molar-refractivity contribution in [1.29, 1.82) is 0 Å². The molecule has 126 valence electrons. The summed E-state index contributed by atoms with van der Waals surface area (Å²) >= 11 is 0. The zero-order valence-corrected chi connectivity index (χ0v) is 13.4. The highest BCUT2D eigenvalue weighted by molar-refractivity contribution is 6.03. The fourth-order valence-corrected chi connectivity index (χ4v) is 2.25. The van der Waals surface area contributed by atoms with Crippen molar-refractivity contribution >= 4 is 11.9 Å². The van der Waals surface area contributed by atoms with Crippen LogP contribution in [-0.2, 0) is 9.47 Å². The van der Waals surface area contributed by atoms with Crippen molar-refractivity contribution in [3.63, 3.8) is 0 Å². The highest BCUT2D eigenvalue weighted by Gasteiger charge is 2.21. The highest BCUT2D eigenvalue weighted by Crippen LogP contribution is 2.33. The molecule has 2 rings (SSSR count). The van der Waals surface area contributed by atoms with Crippen LogP contribution in [0.1, 0.15) is 34.1 Å². The number of carbonyl (C=O) groups excluding carboxylic acids is 2. The van der Waals surface area contributed by atoms with E-state index in [1.54, 1.807) is 0 Å². The van der Waals surface area contributed by atoms with Crippen LogP contribution in [0.25, 0.3) is 11.1 Å². The molecule has 0 bridgehead atoms. The normalized spacial score (nSPS) is 10.2. The minimum absolute atomic E-state index is 0.0869. The standard InChI is InChI=1S/C18H18O6/c1-3-8-24-18(22)14-7-5-12(20)10-16(14)15-9-11(19)4-6-13(15)17(21)23-2/h4-7,9-10,19-20H,3,8H2,1-2H3. The third-order valence-electron chi connectivity index (χ3n) is 3.36. The molecule has 0 amide bonds. The van der Waals surface area contributed by atoms with Gasteiger partial charge < -0.3 is 19.7 Å². The number of methoxy groups -OCH3 is 1. The van der Waals surface area contributed by atoms with E-state index in [4.69, 9.17) is 9.47 Å². The minimum Gasteiger partial charge on any atom is -0.508 e. The monoisotopic (exact) mass is 330 g/mol. The van der Waals surface area contributed by atoms with E-state index in [9.17, 15) is 19.8 Å². The second-order valence-electron chi connectivity index (χ2n) is 5.09. The van der Waals surface area contributed by atoms with E-state index in [2.05, 4.69) is 0 Å². The van der Waals surface area contributed by atoms with Gasteiger partial charge in [-0.1, -0.05) is 6.92 Å². The van der Waals surface area contributed by atoms with Gasteiger partial charge in [0.1, 0.15) is 11.5 Å². The SMILES string of the molecule is CCCOC(=O)c1ccc(O)cc1-c1cc(O)ccc1C(=O)OC. The molecule has 0 aliphatic heterocycles. The molecule has 0 radical (unpaired) electrons. The zero-order valence-electron chi connectivity index (χ0n) is 13.4. The summed E-state index contributed by atoms with van der Waals surface area (Å²) in [5, 5.41) is 19.5. The Labute approximate surface area is 139 Å². The molecule has 2 aromatic carbocycles. The number of esters is 2. The van der Waals surface area contributed by atoms with Crippen LogP contribution < -0.4 is 0 Å². The van der Waals surface area contributed by atoms with E-state index < -0.39 is 11.9 Å². The lowest BCUT2D eigenvalue weighted by atomic mass is 9.94. The Morgan fingerprint density at radius 3 is 1.88 bits per heavy atom. The molecule has 6 heteroatoms. The van der Waals surface area contributed by atoms with E-state index in [1.165, 1.54) is 43.5 Å². The summed E-state index contributed by atoms with van der Waals surface area (Å²) in [6, 6.07) is 8.16. The first kappa shape index (κ1) is 17.3. The van der Waals surface area contributed by atoms with Gasteiger partial charge in [0.2, 0.25) is 0 Å². The van der Waals surface area contributed by atoms with E-state index >= 15 is 0 Å². The maximum atomic E-state index is 12.3. The molecule has 0 saturated heterocycles. The van der Waals surface area contributed by atoms with Gasteiger partial charge in [0.05, 0.1) is 24.8 Å². The molecule has 0 aliphatic carbocycles. The lowest BCUT2D eigenvalue weighted by Gasteiger charge is -2.13. The molecule has 0 aromatic heterocycles. The predicted molar refractivity (Wildman–Crippen MR) is 87.1 cm³/mol. The van der Waals surface area contributed by atoms with Gasteiger partial charge in [-0.25, -0.2) is 9.59 Å². The fraction of sp³-hybridized carbons (Fsp3) is 0.222. The molecule has 0 atom stereocenters. The van der Waals surface area contributed by atoms with Gasteiger partial charge in [-0.15, -0.1) is 0 Å². The Balaban J connectivity index is 2.63. The first-order chi connectivity index (χ1) is 11.5. The van der Waals surface area contributed by atoms with Gasteiger partial charge >= 0.3 is 11.9 Å². The summed E-state index contributed by atoms with van der Waals surface area (Å²) in [5.74, 6) is -1.38. The van der Waals surface area contributed by atoms with Crippen molar-refractivity contribution in [2.75, 3.05) is 13.7 Å². The van der Waals surface area contributed by atoms with Gasteiger partial charge in [0, 0.05) is 11.1 Å². The topological polar surface area (TPSA) is 93.1 Å². The number of carbonyl (C=O) groups is 2. The first-order valence-corrected chi connectivity index (χ1v) is 7.39. The van der Waals surface area contributed by atoms with Crippen LogP contribution in [0.3, 0.4) is 0 Å². The Morgan fingerprint density at radius 1 is 0.917 bits per heavy atom. The summed E-state index contributed by atoms with van der Waals surface area (Å²) in [5.41, 5.74) is 0.871. The molecule has 0 fully saturated rings. The molecule has 6 nitrogen and oxygen atoms in total. The second kappa shape index (κ2) is 7.50. The smallest absolute Gasteiger partial charge is 0.338 e. The number of ether oxygens (including phenoxy) is 2. The molecule has 2 N–H and O–H groups in total. The average molecular weight is 330 g/mol. The number of hydrogen-bond acceptors (Lipinski definition) is 6. The summed E-state index contributed by atoms with van der Waals surface area (Å²) in [7, 11) is 1.23. The van der Waals surface area contributed by atoms with Crippen molar-refractivity contribution < 1.29 is 29.3 Å². The lowest BCUT2D eigenvalue weighted by molar-refractivity contribution is 0.0504. The second-order valence-corrected chi connectivity index (χ2v) is 5.09. The quantitative estimate of drug-likeness (QED) is 0.818. The van der Waals surface area contributed by atoms with Crippen molar-refractivity contribution in [1.82, 2.24) is 0 Å². The van der Waals surface area contributed by atoms with Crippen LogP contribution in [0.15, 0.2) is 36.4 Å². The van der Waals surface area contributed by atoms with Crippen molar-refractivity contribution in [3.8, 4) is 22.6 Å². The molecule has 0 saturated carbocycles. The Kier molecular flexibility index (Phi) is 5.42. The van der Waals surface area contributed by atoms with Crippen molar-refractivity contribution in [3.05, 3.63) is 47.5 Å². The molecule has 0 unspecified atom stereocenters. The maximum Gasteiger partial charge on any atom is 0.338 e. The zero-order chi connectivity index (χ0) is 17.7. The van der Waals surface area contributed by atoms with Crippen LogP contribution in [0.4, 0.5) is 0 Å². The number of aromatic hydroxyl groups is 2. The van der Waals surface area contributed by atoms with Gasteiger partial charge in [-0.05, 0) is 42.8 Å². The molecule has 24 heavy (non-hydrogen) atoms. The first-order valence-electron chi connectivity index (χ1n) is 7.39. The fourth-order valence-electron chi connectivity index (χ4n) is 2.25. The summed E-state index contributed by atoms with van der Waals surface area (Å²) in [6.45, 7) is 2.12. The Morgan fingerprint density at radius 2 is 1.42 bits per heavy atom. The summed E-state index contributed by atoms with van der Waals surface area (Å²) < 4.78 is 9.87. The van der Waals surface area contributed by atoms with Gasteiger partial charge in [-0.3, -0.25) is 0 Å². The molecule has 0 spiro atoms. The van der Waals surface area contributed by atoms with Crippen molar-refractivity contribution in [2.45, 2.75) is 13.3 Å². The molecule has 0 heterocycles. The summed E-state index contributed by atoms with van der Waals surface area (Å²) in [4.78, 5) is 24.2. The number of rotatable bonds is 5. The molecular formula is C18H18O6. The van der Waals surface area contributed by atoms with Gasteiger partial charge in [0.25, 0.3) is 0 Å². The largest absolute Gasteiger partial charge is 0.508 e. The van der Waals surface area contributed by atoms with Crippen LogP contribution in [-0.4, -0.2) is 35.9 Å². The number of phenols is 2. The third-order valence-corrected chi connectivity index (χ3v) is 3.36. The minimum atomic E-state index is -0.624. The van der Waals surface area contributed by atoms with Crippen LogP contribution in [0.2, 0.25) is 0 Å². The van der Waals surface area contributed by atoms with Crippen LogP contribution >= 0.6 is 0 Å². The van der Waals surface area contributed by atoms with Crippen LogP contribution in [0.5, 0.6) is 11.5 Å². The Hall–Kier alpha value is -3.02. The van der Waals surface area contributed by atoms with E-state index in [1.807, 2.05) is 6.92 Å². The van der Waals surface area contributed by atoms with Gasteiger partial charge in [0.15, 0.2) is 0 Å². The molecule has 2 aromatic rings. The lowest BCUT2D eigenvalue weighted by Crippen LogP contribution is -2.09. The maximum absolute atomic E-state index is 12.3. The predicted octanol–water partition coefficient (Wildman–Crippen LogP) is 3.12. The van der Waals surface area contributed by atoms with Crippen LogP contribution in [0, 0.1) is 0 Å². The third kappa shape index (κ3) is 3.65. The Bertz CT molecular complexity index is 766. The average Bonchev–Trinajstić information content (AvgIpc) is 2.58. The number of benzene rings is 2. The van der Waals surface area contributed by atoms with E-state index in [0.29, 0.717) is 6.42 Å². The van der Waals surface area contributed by atoms with E-state index in [0.717, 1.165) is 0 Å². The molecule has 0 aliphatic rings. The number of phenolic OH excluding ortho intramolecular Hbond substituents is 2.